The van der Waals surface area contributed by atoms with Crippen molar-refractivity contribution in [3.63, 3.8) is 0 Å². The summed E-state index contributed by atoms with van der Waals surface area (Å²) in [7, 11) is 1.21. The van der Waals surface area contributed by atoms with Crippen LogP contribution < -0.4 is 10.6 Å². The number of rotatable bonds is 7. The van der Waals surface area contributed by atoms with Crippen molar-refractivity contribution in [2.24, 2.45) is 0 Å². The van der Waals surface area contributed by atoms with Crippen LogP contribution >= 0.6 is 0 Å². The summed E-state index contributed by atoms with van der Waals surface area (Å²) in [5.41, 5.74) is 0.450. The van der Waals surface area contributed by atoms with Crippen molar-refractivity contribution in [1.82, 2.24) is 15.1 Å². The van der Waals surface area contributed by atoms with E-state index in [-0.39, 0.29) is 12.8 Å². The van der Waals surface area contributed by atoms with E-state index in [9.17, 15) is 14.4 Å². The largest absolute Gasteiger partial charge is 0.480 e. The number of carbonyl (C=O) groups is 3. The molecule has 9 nitrogen and oxygen atoms in total. The molecule has 0 saturated carbocycles. The fourth-order valence-electron chi connectivity index (χ4n) is 1.55. The molecular formula is C12H18N4O5. The molecular weight excluding hydrogens is 280 g/mol. The second-order valence-corrected chi connectivity index (χ2v) is 4.19. The Bertz CT molecular complexity index is 514. The first-order valence-corrected chi connectivity index (χ1v) is 6.35. The molecule has 0 aliphatic rings. The molecule has 116 valence electrons. The third-order valence-corrected chi connectivity index (χ3v) is 2.68. The molecule has 21 heavy (non-hydrogen) atoms. The van der Waals surface area contributed by atoms with E-state index in [1.54, 1.807) is 10.9 Å². The molecule has 1 aromatic heterocycles. The number of aromatic nitrogens is 2. The van der Waals surface area contributed by atoms with Crippen molar-refractivity contribution in [2.45, 2.75) is 32.4 Å². The minimum absolute atomic E-state index is 0.0519. The maximum absolute atomic E-state index is 11.7. The molecule has 9 heteroatoms. The van der Waals surface area contributed by atoms with Crippen LogP contribution in [0.4, 0.5) is 10.5 Å². The Balaban J connectivity index is 2.51. The fourth-order valence-corrected chi connectivity index (χ4v) is 1.55. The first kappa shape index (κ1) is 16.5. The number of nitrogens with zero attached hydrogens (tertiary/aromatic N) is 2. The van der Waals surface area contributed by atoms with Crippen molar-refractivity contribution in [1.29, 1.82) is 0 Å². The zero-order valence-electron chi connectivity index (χ0n) is 11.8. The van der Waals surface area contributed by atoms with Crippen LogP contribution in [-0.2, 0) is 20.9 Å². The van der Waals surface area contributed by atoms with E-state index < -0.39 is 24.0 Å². The smallest absolute Gasteiger partial charge is 0.326 e. The van der Waals surface area contributed by atoms with Gasteiger partial charge in [-0.3, -0.25) is 9.48 Å². The van der Waals surface area contributed by atoms with Crippen molar-refractivity contribution in [3.05, 3.63) is 12.4 Å². The number of hydrogen-bond acceptors (Lipinski definition) is 5. The Morgan fingerprint density at radius 3 is 2.71 bits per heavy atom. The number of ether oxygens (including phenoxy) is 1. The van der Waals surface area contributed by atoms with Gasteiger partial charge in [0.1, 0.15) is 6.04 Å². The lowest BCUT2D eigenvalue weighted by molar-refractivity contribution is -0.142. The number of hydrogen-bond donors (Lipinski definition) is 3. The average Bonchev–Trinajstić information content (AvgIpc) is 2.90. The van der Waals surface area contributed by atoms with Gasteiger partial charge < -0.3 is 20.5 Å². The van der Waals surface area contributed by atoms with E-state index in [2.05, 4.69) is 20.5 Å². The van der Waals surface area contributed by atoms with Gasteiger partial charge in [0.25, 0.3) is 0 Å². The Hall–Kier alpha value is -2.58. The number of carboxylic acid groups (broad SMARTS) is 1. The topological polar surface area (TPSA) is 123 Å². The fraction of sp³-hybridized carbons (Fsp3) is 0.500. The summed E-state index contributed by atoms with van der Waals surface area (Å²) in [6.07, 6.45) is 2.92. The minimum atomic E-state index is -1.22. The SMILES string of the molecule is CCn1cc(NC(=O)N[C@@H](CCC(=O)OC)C(=O)O)cn1. The summed E-state index contributed by atoms with van der Waals surface area (Å²) in [5, 5.41) is 17.7. The molecule has 0 aromatic carbocycles. The summed E-state index contributed by atoms with van der Waals surface area (Å²) in [5.74, 6) is -1.76. The number of esters is 1. The summed E-state index contributed by atoms with van der Waals surface area (Å²) in [6, 6.07) is -1.85. The number of methoxy groups -OCH3 is 1. The molecule has 0 spiro atoms. The van der Waals surface area contributed by atoms with E-state index in [1.165, 1.54) is 13.3 Å². The number of carbonyl (C=O) groups excluding carboxylic acids is 2. The lowest BCUT2D eigenvalue weighted by atomic mass is 10.1. The summed E-state index contributed by atoms with van der Waals surface area (Å²) in [4.78, 5) is 33.7. The Morgan fingerprint density at radius 1 is 1.48 bits per heavy atom. The van der Waals surface area contributed by atoms with Crippen LogP contribution in [-0.4, -0.2) is 46.0 Å². The molecule has 1 rings (SSSR count). The minimum Gasteiger partial charge on any atom is -0.480 e. The highest BCUT2D eigenvalue weighted by atomic mass is 16.5. The van der Waals surface area contributed by atoms with Gasteiger partial charge in [0.15, 0.2) is 0 Å². The van der Waals surface area contributed by atoms with Crippen molar-refractivity contribution >= 4 is 23.7 Å². The highest BCUT2D eigenvalue weighted by molar-refractivity contribution is 5.92. The Labute approximate surface area is 121 Å². The van der Waals surface area contributed by atoms with Gasteiger partial charge in [0.2, 0.25) is 0 Å². The molecule has 1 heterocycles. The second-order valence-electron chi connectivity index (χ2n) is 4.19. The molecule has 1 atom stereocenters. The maximum Gasteiger partial charge on any atom is 0.326 e. The number of anilines is 1. The van der Waals surface area contributed by atoms with Gasteiger partial charge in [0.05, 0.1) is 19.0 Å². The maximum atomic E-state index is 11.7. The molecule has 2 amide bonds. The number of amides is 2. The number of urea groups is 1. The molecule has 0 saturated heterocycles. The van der Waals surface area contributed by atoms with Crippen LogP contribution in [0.1, 0.15) is 19.8 Å². The summed E-state index contributed by atoms with van der Waals surface area (Å²) < 4.78 is 6.04. The lowest BCUT2D eigenvalue weighted by Crippen LogP contribution is -2.43. The molecule has 0 aliphatic carbocycles. The zero-order valence-corrected chi connectivity index (χ0v) is 11.8. The van der Waals surface area contributed by atoms with Gasteiger partial charge in [-0.05, 0) is 13.3 Å². The van der Waals surface area contributed by atoms with Crippen molar-refractivity contribution < 1.29 is 24.2 Å². The standard InChI is InChI=1S/C12H18N4O5/c1-3-16-7-8(6-13-16)14-12(20)15-9(11(18)19)4-5-10(17)21-2/h6-7,9H,3-5H2,1-2H3,(H,18,19)(H2,14,15,20)/t9-/m0/s1. The molecule has 0 radical (unpaired) electrons. The molecule has 0 fully saturated rings. The highest BCUT2D eigenvalue weighted by Gasteiger charge is 2.21. The monoisotopic (exact) mass is 298 g/mol. The number of carboxylic acids is 1. The van der Waals surface area contributed by atoms with Gasteiger partial charge in [-0.2, -0.15) is 5.10 Å². The average molecular weight is 298 g/mol. The van der Waals surface area contributed by atoms with Crippen molar-refractivity contribution in [2.75, 3.05) is 12.4 Å². The molecule has 0 bridgehead atoms. The highest BCUT2D eigenvalue weighted by Crippen LogP contribution is 2.05. The van der Waals surface area contributed by atoms with Crippen LogP contribution in [0.3, 0.4) is 0 Å². The quantitative estimate of drug-likeness (QED) is 0.627. The van der Waals surface area contributed by atoms with E-state index in [0.29, 0.717) is 12.2 Å². The van der Waals surface area contributed by atoms with E-state index in [4.69, 9.17) is 5.11 Å². The van der Waals surface area contributed by atoms with Gasteiger partial charge in [0, 0.05) is 19.2 Å². The molecule has 0 unspecified atom stereocenters. The van der Waals surface area contributed by atoms with E-state index >= 15 is 0 Å². The van der Waals surface area contributed by atoms with Gasteiger partial charge in [-0.1, -0.05) is 0 Å². The van der Waals surface area contributed by atoms with Gasteiger partial charge >= 0.3 is 18.0 Å². The van der Waals surface area contributed by atoms with Gasteiger partial charge in [-0.15, -0.1) is 0 Å². The number of aliphatic carboxylic acids is 1. The second kappa shape index (κ2) is 7.88. The Kier molecular flexibility index (Phi) is 6.18. The summed E-state index contributed by atoms with van der Waals surface area (Å²) in [6.45, 7) is 2.55. The van der Waals surface area contributed by atoms with Gasteiger partial charge in [-0.25, -0.2) is 9.59 Å². The summed E-state index contributed by atoms with van der Waals surface area (Å²) >= 11 is 0. The number of nitrogens with one attached hydrogen (secondary N) is 2. The van der Waals surface area contributed by atoms with Crippen LogP contribution in [0, 0.1) is 0 Å². The van der Waals surface area contributed by atoms with Crippen LogP contribution in [0.5, 0.6) is 0 Å². The lowest BCUT2D eigenvalue weighted by Gasteiger charge is -2.14. The third-order valence-electron chi connectivity index (χ3n) is 2.68. The van der Waals surface area contributed by atoms with Crippen LogP contribution in [0.25, 0.3) is 0 Å². The van der Waals surface area contributed by atoms with Crippen LogP contribution in [0.2, 0.25) is 0 Å². The molecule has 0 aliphatic heterocycles. The van der Waals surface area contributed by atoms with Crippen LogP contribution in [0.15, 0.2) is 12.4 Å². The predicted octanol–water partition coefficient (Wildman–Crippen LogP) is 0.431. The molecule has 3 N–H and O–H groups in total. The normalized spacial score (nSPS) is 11.5. The Morgan fingerprint density at radius 2 is 2.19 bits per heavy atom. The third kappa shape index (κ3) is 5.51. The van der Waals surface area contributed by atoms with E-state index in [1.807, 2.05) is 6.92 Å². The predicted molar refractivity (Wildman–Crippen MR) is 72.7 cm³/mol. The molecule has 1 aromatic rings. The van der Waals surface area contributed by atoms with Crippen molar-refractivity contribution in [3.8, 4) is 0 Å². The number of aryl methyl sites for hydroxylation is 1. The first-order valence-electron chi connectivity index (χ1n) is 6.35. The van der Waals surface area contributed by atoms with E-state index in [0.717, 1.165) is 0 Å². The first-order chi connectivity index (χ1) is 9.96. The zero-order chi connectivity index (χ0) is 15.8.